The van der Waals surface area contributed by atoms with Gasteiger partial charge in [-0.15, -0.1) is 0 Å². The maximum Gasteiger partial charge on any atom is 0.260 e. The van der Waals surface area contributed by atoms with Gasteiger partial charge < -0.3 is 4.90 Å². The van der Waals surface area contributed by atoms with Crippen molar-refractivity contribution in [2.75, 3.05) is 11.9 Å². The average molecular weight is 336 g/mol. The van der Waals surface area contributed by atoms with E-state index in [0.717, 1.165) is 16.8 Å². The van der Waals surface area contributed by atoms with Crippen molar-refractivity contribution in [1.29, 1.82) is 0 Å². The zero-order valence-corrected chi connectivity index (χ0v) is 13.2. The normalized spacial score (nSPS) is 10.4. The molecule has 0 N–H and O–H groups in total. The number of rotatable bonds is 2. The van der Waals surface area contributed by atoms with Gasteiger partial charge in [-0.3, -0.25) is 4.79 Å². The number of hydrogen-bond acceptors (Lipinski definition) is 1. The van der Waals surface area contributed by atoms with E-state index in [1.807, 2.05) is 32.0 Å². The highest BCUT2D eigenvalue weighted by Crippen LogP contribution is 2.22. The minimum absolute atomic E-state index is 0.0647. The highest BCUT2D eigenvalue weighted by atomic mass is 79.9. The standard InChI is InChI=1S/C16H15BrFNO/c1-10-6-11(2)8-13(7-10)19(3)16(20)14-5-4-12(17)9-15(14)18/h4-9H,1-3H3. The molecule has 104 valence electrons. The lowest BCUT2D eigenvalue weighted by molar-refractivity contribution is 0.0989. The summed E-state index contributed by atoms with van der Waals surface area (Å²) in [5.74, 6) is -0.888. The Kier molecular flexibility index (Phi) is 4.23. The zero-order valence-electron chi connectivity index (χ0n) is 11.6. The number of amides is 1. The molecule has 0 bridgehead atoms. The van der Waals surface area contributed by atoms with E-state index in [1.54, 1.807) is 13.1 Å². The first kappa shape index (κ1) is 14.7. The third kappa shape index (κ3) is 3.07. The fourth-order valence-electron chi connectivity index (χ4n) is 2.11. The Morgan fingerprint density at radius 2 is 1.70 bits per heavy atom. The lowest BCUT2D eigenvalue weighted by Gasteiger charge is -2.19. The van der Waals surface area contributed by atoms with Crippen LogP contribution in [0.25, 0.3) is 0 Å². The summed E-state index contributed by atoms with van der Waals surface area (Å²) in [4.78, 5) is 13.8. The van der Waals surface area contributed by atoms with Crippen LogP contribution in [-0.4, -0.2) is 13.0 Å². The monoisotopic (exact) mass is 335 g/mol. The van der Waals surface area contributed by atoms with Gasteiger partial charge in [0.15, 0.2) is 0 Å². The first-order valence-corrected chi connectivity index (χ1v) is 6.99. The van der Waals surface area contributed by atoms with Crippen LogP contribution in [0.15, 0.2) is 40.9 Å². The Bertz CT molecular complexity index is 649. The quantitative estimate of drug-likeness (QED) is 0.792. The second-order valence-corrected chi connectivity index (χ2v) is 5.75. The van der Waals surface area contributed by atoms with Crippen LogP contribution < -0.4 is 4.90 Å². The van der Waals surface area contributed by atoms with Gasteiger partial charge in [0.2, 0.25) is 0 Å². The molecular formula is C16H15BrFNO. The summed E-state index contributed by atoms with van der Waals surface area (Å²) in [7, 11) is 1.65. The summed E-state index contributed by atoms with van der Waals surface area (Å²) < 4.78 is 14.5. The molecule has 2 rings (SSSR count). The number of benzene rings is 2. The lowest BCUT2D eigenvalue weighted by Crippen LogP contribution is -2.27. The maximum absolute atomic E-state index is 13.9. The van der Waals surface area contributed by atoms with Crippen LogP contribution in [0.4, 0.5) is 10.1 Å². The minimum atomic E-state index is -0.527. The molecule has 2 nitrogen and oxygen atoms in total. The molecule has 0 heterocycles. The summed E-state index contributed by atoms with van der Waals surface area (Å²) in [6.45, 7) is 3.93. The smallest absolute Gasteiger partial charge is 0.260 e. The Hall–Kier alpha value is -1.68. The number of aryl methyl sites for hydroxylation is 2. The molecule has 0 atom stereocenters. The van der Waals surface area contributed by atoms with Gasteiger partial charge in [-0.2, -0.15) is 0 Å². The van der Waals surface area contributed by atoms with Crippen LogP contribution in [-0.2, 0) is 0 Å². The summed E-state index contributed by atoms with van der Waals surface area (Å²) in [5, 5.41) is 0. The molecule has 0 saturated heterocycles. The van der Waals surface area contributed by atoms with Crippen molar-refractivity contribution in [2.24, 2.45) is 0 Å². The fourth-order valence-corrected chi connectivity index (χ4v) is 2.44. The van der Waals surface area contributed by atoms with Gasteiger partial charge in [-0.1, -0.05) is 22.0 Å². The molecule has 20 heavy (non-hydrogen) atoms. The van der Waals surface area contributed by atoms with Crippen LogP contribution in [0.3, 0.4) is 0 Å². The second kappa shape index (κ2) is 5.75. The molecule has 0 aromatic heterocycles. The van der Waals surface area contributed by atoms with Crippen LogP contribution >= 0.6 is 15.9 Å². The molecule has 0 aliphatic rings. The predicted molar refractivity (Wildman–Crippen MR) is 82.7 cm³/mol. The molecule has 0 fully saturated rings. The van der Waals surface area contributed by atoms with Gasteiger partial charge in [0.25, 0.3) is 5.91 Å². The van der Waals surface area contributed by atoms with E-state index in [0.29, 0.717) is 4.47 Å². The third-order valence-corrected chi connectivity index (χ3v) is 3.55. The number of halogens is 2. The Labute approximate surface area is 126 Å². The largest absolute Gasteiger partial charge is 0.311 e. The van der Waals surface area contributed by atoms with Gasteiger partial charge in [0.05, 0.1) is 5.56 Å². The topological polar surface area (TPSA) is 20.3 Å². The molecule has 0 saturated carbocycles. The molecule has 4 heteroatoms. The van der Waals surface area contributed by atoms with Crippen molar-refractivity contribution in [3.05, 3.63) is 63.4 Å². The van der Waals surface area contributed by atoms with Crippen molar-refractivity contribution in [1.82, 2.24) is 0 Å². The molecule has 2 aromatic carbocycles. The maximum atomic E-state index is 13.9. The lowest BCUT2D eigenvalue weighted by atomic mass is 10.1. The minimum Gasteiger partial charge on any atom is -0.311 e. The molecule has 2 aromatic rings. The number of carbonyl (C=O) groups is 1. The highest BCUT2D eigenvalue weighted by molar-refractivity contribution is 9.10. The molecule has 0 aliphatic heterocycles. The van der Waals surface area contributed by atoms with Gasteiger partial charge in [-0.25, -0.2) is 4.39 Å². The molecular weight excluding hydrogens is 321 g/mol. The van der Waals surface area contributed by atoms with Crippen LogP contribution in [0.1, 0.15) is 21.5 Å². The van der Waals surface area contributed by atoms with Crippen LogP contribution in [0, 0.1) is 19.7 Å². The molecule has 0 radical (unpaired) electrons. The first-order valence-electron chi connectivity index (χ1n) is 6.20. The Balaban J connectivity index is 2.37. The summed E-state index contributed by atoms with van der Waals surface area (Å²) in [6.07, 6.45) is 0. The predicted octanol–water partition coefficient (Wildman–Crippen LogP) is 4.48. The second-order valence-electron chi connectivity index (χ2n) is 4.83. The van der Waals surface area contributed by atoms with E-state index in [1.165, 1.54) is 17.0 Å². The molecule has 0 aliphatic carbocycles. The Morgan fingerprint density at radius 1 is 1.10 bits per heavy atom. The third-order valence-electron chi connectivity index (χ3n) is 3.06. The van der Waals surface area contributed by atoms with Crippen molar-refractivity contribution < 1.29 is 9.18 Å². The number of carbonyl (C=O) groups excluding carboxylic acids is 1. The zero-order chi connectivity index (χ0) is 14.9. The SMILES string of the molecule is Cc1cc(C)cc(N(C)C(=O)c2ccc(Br)cc2F)c1. The van der Waals surface area contributed by atoms with E-state index in [-0.39, 0.29) is 11.5 Å². The number of anilines is 1. The highest BCUT2D eigenvalue weighted by Gasteiger charge is 2.18. The first-order chi connectivity index (χ1) is 9.38. The van der Waals surface area contributed by atoms with Crippen molar-refractivity contribution in [3.8, 4) is 0 Å². The van der Waals surface area contributed by atoms with Gasteiger partial charge in [0, 0.05) is 17.2 Å². The Morgan fingerprint density at radius 3 is 2.25 bits per heavy atom. The van der Waals surface area contributed by atoms with E-state index in [2.05, 4.69) is 15.9 Å². The summed E-state index contributed by atoms with van der Waals surface area (Å²) >= 11 is 3.18. The number of nitrogens with zero attached hydrogens (tertiary/aromatic N) is 1. The van der Waals surface area contributed by atoms with Crippen molar-refractivity contribution in [3.63, 3.8) is 0 Å². The molecule has 0 spiro atoms. The molecule has 1 amide bonds. The van der Waals surface area contributed by atoms with Gasteiger partial charge in [-0.05, 0) is 55.3 Å². The van der Waals surface area contributed by atoms with Gasteiger partial charge >= 0.3 is 0 Å². The number of hydrogen-bond donors (Lipinski definition) is 0. The summed E-state index contributed by atoms with van der Waals surface area (Å²) in [6, 6.07) is 10.3. The van der Waals surface area contributed by atoms with E-state index < -0.39 is 5.82 Å². The van der Waals surface area contributed by atoms with Crippen molar-refractivity contribution >= 4 is 27.5 Å². The summed E-state index contributed by atoms with van der Waals surface area (Å²) in [5.41, 5.74) is 2.96. The van der Waals surface area contributed by atoms with E-state index in [4.69, 9.17) is 0 Å². The average Bonchev–Trinajstić information content (AvgIpc) is 2.36. The van der Waals surface area contributed by atoms with E-state index >= 15 is 0 Å². The van der Waals surface area contributed by atoms with E-state index in [9.17, 15) is 9.18 Å². The van der Waals surface area contributed by atoms with Crippen LogP contribution in [0.5, 0.6) is 0 Å². The molecule has 0 unspecified atom stereocenters. The van der Waals surface area contributed by atoms with Crippen molar-refractivity contribution in [2.45, 2.75) is 13.8 Å². The van der Waals surface area contributed by atoms with Crippen LogP contribution in [0.2, 0.25) is 0 Å². The van der Waals surface area contributed by atoms with Gasteiger partial charge in [0.1, 0.15) is 5.82 Å². The fraction of sp³-hybridized carbons (Fsp3) is 0.188.